The van der Waals surface area contributed by atoms with Gasteiger partial charge in [-0.2, -0.15) is 0 Å². The molecule has 0 unspecified atom stereocenters. The maximum Gasteiger partial charge on any atom is 0.255 e. The van der Waals surface area contributed by atoms with Crippen LogP contribution < -0.4 is 10.2 Å². The lowest BCUT2D eigenvalue weighted by Crippen LogP contribution is -2.52. The molecular weight excluding hydrogens is 444 g/mol. The monoisotopic (exact) mass is 470 g/mol. The molecule has 2 aromatic carbocycles. The van der Waals surface area contributed by atoms with Gasteiger partial charge in [0.15, 0.2) is 0 Å². The number of benzene rings is 2. The smallest absolute Gasteiger partial charge is 0.255 e. The number of hydrogen-bond acceptors (Lipinski definition) is 6. The first-order valence-corrected chi connectivity index (χ1v) is 11.4. The van der Waals surface area contributed by atoms with Crippen molar-refractivity contribution < 1.29 is 14.4 Å². The molecule has 1 saturated heterocycles. The number of aliphatic imine (C=N–C) groups is 1. The van der Waals surface area contributed by atoms with Gasteiger partial charge in [-0.1, -0.05) is 12.1 Å². The molecule has 1 fully saturated rings. The Bertz CT molecular complexity index is 1390. The van der Waals surface area contributed by atoms with E-state index in [0.29, 0.717) is 18.5 Å². The van der Waals surface area contributed by atoms with Gasteiger partial charge in [-0.3, -0.25) is 24.7 Å². The molecule has 5 rings (SSSR count). The molecule has 1 aromatic heterocycles. The molecule has 9 heteroatoms. The molecule has 3 amide bonds. The van der Waals surface area contributed by atoms with Gasteiger partial charge >= 0.3 is 0 Å². The molecule has 0 aliphatic carbocycles. The van der Waals surface area contributed by atoms with E-state index in [1.54, 1.807) is 17.3 Å². The highest BCUT2D eigenvalue weighted by Crippen LogP contribution is 2.38. The predicted octanol–water partition coefficient (Wildman–Crippen LogP) is 2.91. The molecule has 0 radical (unpaired) electrons. The van der Waals surface area contributed by atoms with Crippen molar-refractivity contribution in [3.8, 4) is 22.5 Å². The summed E-state index contributed by atoms with van der Waals surface area (Å²) in [4.78, 5) is 49.3. The number of amides is 3. The van der Waals surface area contributed by atoms with Crippen LogP contribution in [0.25, 0.3) is 22.5 Å². The highest BCUT2D eigenvalue weighted by Gasteiger charge is 2.39. The van der Waals surface area contributed by atoms with Gasteiger partial charge in [0, 0.05) is 50.8 Å². The third-order valence-electron chi connectivity index (χ3n) is 6.64. The van der Waals surface area contributed by atoms with Crippen LogP contribution in [0.15, 0.2) is 47.7 Å². The summed E-state index contributed by atoms with van der Waals surface area (Å²) in [5.41, 5.74) is 6.70. The number of aryl methyl sites for hydroxylation is 1. The zero-order chi connectivity index (χ0) is 24.9. The fourth-order valence-corrected chi connectivity index (χ4v) is 4.88. The van der Waals surface area contributed by atoms with Crippen molar-refractivity contribution in [1.82, 2.24) is 19.8 Å². The molecule has 1 N–H and O–H groups in total. The number of anilines is 1. The van der Waals surface area contributed by atoms with Crippen molar-refractivity contribution in [2.45, 2.75) is 25.4 Å². The number of fused-ring (bicyclic) bond motifs is 1. The second kappa shape index (κ2) is 8.50. The normalized spacial score (nSPS) is 17.4. The predicted molar refractivity (Wildman–Crippen MR) is 134 cm³/mol. The Morgan fingerprint density at radius 3 is 2.60 bits per heavy atom. The molecule has 2 aliphatic rings. The van der Waals surface area contributed by atoms with Crippen LogP contribution in [0.2, 0.25) is 0 Å². The number of carbonyl (C=O) groups is 3. The Hall–Kier alpha value is -4.27. The molecule has 0 saturated carbocycles. The molecular formula is C26H26N6O3. The molecule has 2 aliphatic heterocycles. The number of nitrogens with zero attached hydrogens (tertiary/aromatic N) is 5. The topological polar surface area (TPSA) is 99.9 Å². The maximum absolute atomic E-state index is 13.0. The Morgan fingerprint density at radius 1 is 1.11 bits per heavy atom. The minimum absolute atomic E-state index is 0.191. The highest BCUT2D eigenvalue weighted by atomic mass is 16.2. The fourth-order valence-electron chi connectivity index (χ4n) is 4.88. The van der Waals surface area contributed by atoms with E-state index >= 15 is 0 Å². The van der Waals surface area contributed by atoms with Crippen molar-refractivity contribution in [3.05, 3.63) is 53.9 Å². The molecule has 0 bridgehead atoms. The van der Waals surface area contributed by atoms with Crippen LogP contribution in [-0.2, 0) is 23.2 Å². The number of aromatic nitrogens is 2. The average molecular weight is 471 g/mol. The van der Waals surface area contributed by atoms with E-state index in [1.807, 2.05) is 60.9 Å². The summed E-state index contributed by atoms with van der Waals surface area (Å²) in [7, 11) is 5.86. The van der Waals surface area contributed by atoms with E-state index in [4.69, 9.17) is 0 Å². The van der Waals surface area contributed by atoms with Crippen LogP contribution in [0.1, 0.15) is 28.8 Å². The van der Waals surface area contributed by atoms with E-state index in [0.717, 1.165) is 39.5 Å². The van der Waals surface area contributed by atoms with Gasteiger partial charge in [0.1, 0.15) is 6.04 Å². The lowest BCUT2D eigenvalue weighted by atomic mass is 10.00. The molecule has 3 heterocycles. The summed E-state index contributed by atoms with van der Waals surface area (Å²) >= 11 is 0. The number of piperidine rings is 1. The molecule has 35 heavy (non-hydrogen) atoms. The summed E-state index contributed by atoms with van der Waals surface area (Å²) in [5.74, 6) is -0.903. The summed E-state index contributed by atoms with van der Waals surface area (Å²) in [6.45, 7) is 4.04. The van der Waals surface area contributed by atoms with Gasteiger partial charge in [-0.15, -0.1) is 0 Å². The van der Waals surface area contributed by atoms with Gasteiger partial charge in [0.2, 0.25) is 11.8 Å². The number of imide groups is 1. The number of rotatable bonds is 5. The van der Waals surface area contributed by atoms with E-state index in [-0.39, 0.29) is 18.2 Å². The third kappa shape index (κ3) is 3.78. The Balaban J connectivity index is 1.50. The zero-order valence-electron chi connectivity index (χ0n) is 19.9. The van der Waals surface area contributed by atoms with Crippen LogP contribution >= 0.6 is 0 Å². The number of hydrogen-bond donors (Lipinski definition) is 1. The lowest BCUT2D eigenvalue weighted by Gasteiger charge is -2.29. The van der Waals surface area contributed by atoms with Gasteiger partial charge in [0.25, 0.3) is 5.91 Å². The van der Waals surface area contributed by atoms with Crippen molar-refractivity contribution in [1.29, 1.82) is 0 Å². The minimum atomic E-state index is -0.638. The lowest BCUT2D eigenvalue weighted by molar-refractivity contribution is -0.136. The fraction of sp³-hybridized carbons (Fsp3) is 0.269. The van der Waals surface area contributed by atoms with Crippen LogP contribution in [-0.4, -0.2) is 59.0 Å². The molecule has 9 nitrogen and oxygen atoms in total. The third-order valence-corrected chi connectivity index (χ3v) is 6.64. The van der Waals surface area contributed by atoms with E-state index in [1.165, 1.54) is 0 Å². The van der Waals surface area contributed by atoms with Gasteiger partial charge in [-0.05, 0) is 43.0 Å². The molecule has 178 valence electrons. The zero-order valence-corrected chi connectivity index (χ0v) is 19.9. The first-order valence-electron chi connectivity index (χ1n) is 11.4. The quantitative estimate of drug-likeness (QED) is 0.457. The molecule has 0 spiro atoms. The minimum Gasteiger partial charge on any atom is -0.376 e. The first-order chi connectivity index (χ1) is 16.8. The SMILES string of the molecule is C=Nc1cc(-c2c(-c3ccc4c(c3)CN([C@H]3CCC(=O)NC3=O)C4=O)ncn2C)ccc1N(C)C. The second-order valence-corrected chi connectivity index (χ2v) is 9.08. The molecule has 1 atom stereocenters. The second-order valence-electron chi connectivity index (χ2n) is 9.08. The van der Waals surface area contributed by atoms with Crippen molar-refractivity contribution in [2.75, 3.05) is 19.0 Å². The van der Waals surface area contributed by atoms with Gasteiger partial charge < -0.3 is 14.4 Å². The van der Waals surface area contributed by atoms with Gasteiger partial charge in [0.05, 0.1) is 29.1 Å². The van der Waals surface area contributed by atoms with Crippen LogP contribution in [0.3, 0.4) is 0 Å². The van der Waals surface area contributed by atoms with E-state index in [2.05, 4.69) is 22.0 Å². The first kappa shape index (κ1) is 22.5. The summed E-state index contributed by atoms with van der Waals surface area (Å²) in [5, 5.41) is 2.34. The number of nitrogens with one attached hydrogen (secondary N) is 1. The summed E-state index contributed by atoms with van der Waals surface area (Å²) in [6.07, 6.45) is 2.33. The van der Waals surface area contributed by atoms with Crippen molar-refractivity contribution in [3.63, 3.8) is 0 Å². The van der Waals surface area contributed by atoms with Crippen LogP contribution in [0.4, 0.5) is 11.4 Å². The highest BCUT2D eigenvalue weighted by molar-refractivity contribution is 6.05. The Morgan fingerprint density at radius 2 is 1.89 bits per heavy atom. The Kier molecular flexibility index (Phi) is 5.47. The van der Waals surface area contributed by atoms with Crippen molar-refractivity contribution >= 4 is 35.8 Å². The van der Waals surface area contributed by atoms with E-state index < -0.39 is 11.9 Å². The average Bonchev–Trinajstić information content (AvgIpc) is 3.38. The van der Waals surface area contributed by atoms with E-state index in [9.17, 15) is 14.4 Å². The summed E-state index contributed by atoms with van der Waals surface area (Å²) < 4.78 is 1.96. The van der Waals surface area contributed by atoms with Crippen molar-refractivity contribution in [2.24, 2.45) is 12.0 Å². The van der Waals surface area contributed by atoms with Crippen LogP contribution in [0.5, 0.6) is 0 Å². The number of imidazole rings is 1. The molecule has 3 aromatic rings. The maximum atomic E-state index is 13.0. The largest absolute Gasteiger partial charge is 0.376 e. The Labute approximate surface area is 203 Å². The standard InChI is InChI=1S/C26H26N6O3/c1-27-19-12-16(6-8-20(19)30(2)3)24-23(28-14-31(24)4)15-5-7-18-17(11-15)13-32(26(18)35)21-9-10-22(33)29-25(21)34/h5-8,11-12,14,21H,1,9-10,13H2,2-4H3,(H,29,33,34)/t21-/m0/s1. The van der Waals surface area contributed by atoms with Gasteiger partial charge in [-0.25, -0.2) is 4.98 Å². The van der Waals surface area contributed by atoms with Crippen LogP contribution in [0, 0.1) is 0 Å². The number of carbonyl (C=O) groups excluding carboxylic acids is 3. The summed E-state index contributed by atoms with van der Waals surface area (Å²) in [6, 6.07) is 11.0.